The van der Waals surface area contributed by atoms with E-state index in [-0.39, 0.29) is 17.2 Å². The van der Waals surface area contributed by atoms with Gasteiger partial charge in [0.05, 0.1) is 23.6 Å². The molecule has 0 aliphatic carbocycles. The van der Waals surface area contributed by atoms with E-state index in [1.165, 1.54) is 22.9 Å². The number of carbonyl (C=O) groups excluding carboxylic acids is 1. The topological polar surface area (TPSA) is 73.3 Å². The number of nitrogens with one attached hydrogen (secondary N) is 1. The summed E-state index contributed by atoms with van der Waals surface area (Å²) in [4.78, 5) is 12.3. The highest BCUT2D eigenvalue weighted by molar-refractivity contribution is 8.01. The van der Waals surface area contributed by atoms with Gasteiger partial charge in [-0.05, 0) is 49.4 Å². The third-order valence-corrected chi connectivity index (χ3v) is 5.47. The zero-order chi connectivity index (χ0) is 21.6. The Morgan fingerprint density at radius 3 is 2.53 bits per heavy atom. The summed E-state index contributed by atoms with van der Waals surface area (Å²) in [5, 5.41) is 9.95. The average molecular weight is 455 g/mol. The minimum Gasteiger partial charge on any atom is -0.494 e. The molecule has 0 bridgehead atoms. The molecule has 0 fully saturated rings. The van der Waals surface area contributed by atoms with Gasteiger partial charge in [-0.1, -0.05) is 23.1 Å². The Balaban J connectivity index is 1.78. The molecule has 30 heavy (non-hydrogen) atoms. The number of hydrogen-bond donors (Lipinski definition) is 1. The molecule has 0 radical (unpaired) electrons. The lowest BCUT2D eigenvalue weighted by Crippen LogP contribution is -2.15. The first-order valence-electron chi connectivity index (χ1n) is 8.66. The molecule has 6 nitrogen and oxygen atoms in total. The molecule has 1 aromatic heterocycles. The van der Waals surface area contributed by atoms with Crippen molar-refractivity contribution in [2.45, 2.75) is 17.4 Å². The number of amides is 1. The maximum absolute atomic E-state index is 13.1. The molecule has 0 spiro atoms. The van der Waals surface area contributed by atoms with E-state index in [4.69, 9.17) is 9.47 Å². The number of alkyl halides is 3. The van der Waals surface area contributed by atoms with Crippen LogP contribution in [0.1, 0.15) is 12.5 Å². The molecule has 11 heteroatoms. The summed E-state index contributed by atoms with van der Waals surface area (Å²) < 4.78 is 51.0. The number of halogens is 3. The van der Waals surface area contributed by atoms with Gasteiger partial charge in [0.2, 0.25) is 5.91 Å². The van der Waals surface area contributed by atoms with Crippen LogP contribution in [0.2, 0.25) is 0 Å². The quantitative estimate of drug-likeness (QED) is 0.454. The zero-order valence-corrected chi connectivity index (χ0v) is 17.2. The van der Waals surface area contributed by atoms with E-state index in [1.54, 1.807) is 24.3 Å². The number of ether oxygens (including phenoxy) is 2. The van der Waals surface area contributed by atoms with Crippen molar-refractivity contribution in [2.75, 3.05) is 17.7 Å². The van der Waals surface area contributed by atoms with Gasteiger partial charge in [0.15, 0.2) is 10.1 Å². The van der Waals surface area contributed by atoms with Gasteiger partial charge < -0.3 is 14.8 Å². The first kappa shape index (κ1) is 21.9. The molecule has 0 saturated carbocycles. The second kappa shape index (κ2) is 9.81. The summed E-state index contributed by atoms with van der Waals surface area (Å²) in [6, 6.07) is 9.53. The lowest BCUT2D eigenvalue weighted by Gasteiger charge is -2.15. The number of benzene rings is 2. The second-order valence-electron chi connectivity index (χ2n) is 5.76. The van der Waals surface area contributed by atoms with Gasteiger partial charge in [-0.25, -0.2) is 0 Å². The van der Waals surface area contributed by atoms with Crippen LogP contribution in [0.15, 0.2) is 52.3 Å². The van der Waals surface area contributed by atoms with Crippen LogP contribution in [0.4, 0.5) is 18.9 Å². The lowest BCUT2D eigenvalue weighted by molar-refractivity contribution is -0.137. The van der Waals surface area contributed by atoms with Crippen molar-refractivity contribution in [3.8, 4) is 17.2 Å². The Bertz CT molecular complexity index is 981. The predicted octanol–water partition coefficient (Wildman–Crippen LogP) is 5.48. The minimum absolute atomic E-state index is 0.0338. The Labute approximate surface area is 178 Å². The lowest BCUT2D eigenvalue weighted by atomic mass is 10.1. The molecule has 1 amide bonds. The molecule has 3 aromatic rings. The summed E-state index contributed by atoms with van der Waals surface area (Å²) in [5.41, 5.74) is 0.547. The van der Waals surface area contributed by atoms with Crippen molar-refractivity contribution in [1.82, 2.24) is 10.2 Å². The Kier molecular flexibility index (Phi) is 7.16. The first-order chi connectivity index (χ1) is 14.3. The molecule has 1 N–H and O–H groups in total. The van der Waals surface area contributed by atoms with Crippen LogP contribution < -0.4 is 14.8 Å². The second-order valence-corrected chi connectivity index (χ2v) is 7.81. The van der Waals surface area contributed by atoms with Crippen LogP contribution in [0.5, 0.6) is 17.2 Å². The monoisotopic (exact) mass is 455 g/mol. The summed E-state index contributed by atoms with van der Waals surface area (Å²) in [6.07, 6.45) is -4.56. The van der Waals surface area contributed by atoms with E-state index < -0.39 is 17.6 Å². The Morgan fingerprint density at radius 1 is 1.17 bits per heavy atom. The van der Waals surface area contributed by atoms with Crippen LogP contribution >= 0.6 is 23.1 Å². The molecule has 0 aliphatic heterocycles. The van der Waals surface area contributed by atoms with Gasteiger partial charge in [-0.3, -0.25) is 4.79 Å². The normalized spacial score (nSPS) is 11.2. The minimum atomic E-state index is -4.56. The van der Waals surface area contributed by atoms with Crippen LogP contribution in [-0.4, -0.2) is 28.5 Å². The van der Waals surface area contributed by atoms with E-state index in [2.05, 4.69) is 15.5 Å². The fraction of sp³-hybridized carbons (Fsp3) is 0.211. The molecule has 1 heterocycles. The molecular formula is C19H16F3N3O3S2. The SMILES string of the molecule is CCOc1ccc(Oc2ccc(C(F)(F)F)cc2NC(=O)CSc2nncs2)cc1. The maximum atomic E-state index is 13.1. The first-order valence-corrected chi connectivity index (χ1v) is 10.5. The molecule has 0 aliphatic rings. The van der Waals surface area contributed by atoms with Crippen molar-refractivity contribution in [3.05, 3.63) is 53.5 Å². The van der Waals surface area contributed by atoms with Gasteiger partial charge in [-0.2, -0.15) is 13.2 Å². The average Bonchev–Trinajstić information content (AvgIpc) is 3.22. The third-order valence-electron chi connectivity index (χ3n) is 3.61. The number of rotatable bonds is 8. The van der Waals surface area contributed by atoms with Crippen LogP contribution in [0, 0.1) is 0 Å². The molecule has 0 saturated heterocycles. The number of hydrogen-bond acceptors (Lipinski definition) is 7. The van der Waals surface area contributed by atoms with Crippen LogP contribution in [0.25, 0.3) is 0 Å². The van der Waals surface area contributed by atoms with Gasteiger partial charge in [0.1, 0.15) is 17.0 Å². The van der Waals surface area contributed by atoms with E-state index in [1.807, 2.05) is 6.92 Å². The number of thioether (sulfide) groups is 1. The Morgan fingerprint density at radius 2 is 1.90 bits per heavy atom. The highest BCUT2D eigenvalue weighted by atomic mass is 32.2. The number of aromatic nitrogens is 2. The summed E-state index contributed by atoms with van der Waals surface area (Å²) in [6.45, 7) is 2.36. The number of nitrogens with zero attached hydrogens (tertiary/aromatic N) is 2. The van der Waals surface area contributed by atoms with E-state index in [9.17, 15) is 18.0 Å². The molecule has 0 atom stereocenters. The highest BCUT2D eigenvalue weighted by Crippen LogP contribution is 2.37. The van der Waals surface area contributed by atoms with Gasteiger partial charge >= 0.3 is 6.18 Å². The van der Waals surface area contributed by atoms with Gasteiger partial charge in [0, 0.05) is 0 Å². The van der Waals surface area contributed by atoms with Crippen molar-refractivity contribution in [3.63, 3.8) is 0 Å². The van der Waals surface area contributed by atoms with Gasteiger partial charge in [-0.15, -0.1) is 10.2 Å². The molecule has 2 aromatic carbocycles. The summed E-state index contributed by atoms with van der Waals surface area (Å²) in [7, 11) is 0. The van der Waals surface area contributed by atoms with Crippen molar-refractivity contribution in [1.29, 1.82) is 0 Å². The molecule has 3 rings (SSSR count). The summed E-state index contributed by atoms with van der Waals surface area (Å²) in [5.74, 6) is 0.581. The van der Waals surface area contributed by atoms with Crippen molar-refractivity contribution >= 4 is 34.7 Å². The van der Waals surface area contributed by atoms with Crippen LogP contribution in [-0.2, 0) is 11.0 Å². The van der Waals surface area contributed by atoms with E-state index in [0.717, 1.165) is 23.9 Å². The standard InChI is InChI=1S/C19H16F3N3O3S2/c1-2-27-13-4-6-14(7-5-13)28-16-8-3-12(19(20,21)22)9-15(16)24-17(26)10-29-18-25-23-11-30-18/h3-9,11H,2,10H2,1H3,(H,24,26). The zero-order valence-electron chi connectivity index (χ0n) is 15.6. The summed E-state index contributed by atoms with van der Waals surface area (Å²) >= 11 is 2.40. The van der Waals surface area contributed by atoms with Crippen molar-refractivity contribution < 1.29 is 27.4 Å². The third kappa shape index (κ3) is 6.10. The highest BCUT2D eigenvalue weighted by Gasteiger charge is 2.31. The molecule has 0 unspecified atom stereocenters. The van der Waals surface area contributed by atoms with E-state index in [0.29, 0.717) is 22.4 Å². The van der Waals surface area contributed by atoms with Crippen molar-refractivity contribution in [2.24, 2.45) is 0 Å². The predicted molar refractivity (Wildman–Crippen MR) is 108 cm³/mol. The Hall–Kier alpha value is -2.79. The van der Waals surface area contributed by atoms with E-state index >= 15 is 0 Å². The number of anilines is 1. The smallest absolute Gasteiger partial charge is 0.416 e. The fourth-order valence-corrected chi connectivity index (χ4v) is 3.62. The fourth-order valence-electron chi connectivity index (χ4n) is 2.33. The molecule has 158 valence electrons. The van der Waals surface area contributed by atoms with Gasteiger partial charge in [0.25, 0.3) is 0 Å². The largest absolute Gasteiger partial charge is 0.494 e. The van der Waals surface area contributed by atoms with Crippen LogP contribution in [0.3, 0.4) is 0 Å². The molecular weight excluding hydrogens is 439 g/mol. The number of carbonyl (C=O) groups is 1. The maximum Gasteiger partial charge on any atom is 0.416 e.